The van der Waals surface area contributed by atoms with Gasteiger partial charge in [-0.05, 0) is 31.7 Å². The number of primary amides is 1. The van der Waals surface area contributed by atoms with Crippen molar-refractivity contribution in [2.75, 3.05) is 48.8 Å². The summed E-state index contributed by atoms with van der Waals surface area (Å²) in [5, 5.41) is 5.50. The van der Waals surface area contributed by atoms with Gasteiger partial charge in [0.1, 0.15) is 5.69 Å². The Morgan fingerprint density at radius 1 is 1.16 bits per heavy atom. The molecule has 3 heterocycles. The molecule has 0 aliphatic carbocycles. The number of hydrogen-bond acceptors (Lipinski definition) is 10. The van der Waals surface area contributed by atoms with Gasteiger partial charge in [0.05, 0.1) is 18.1 Å². The van der Waals surface area contributed by atoms with Crippen molar-refractivity contribution in [3.63, 3.8) is 0 Å². The van der Waals surface area contributed by atoms with Crippen molar-refractivity contribution in [1.82, 2.24) is 24.8 Å². The fourth-order valence-corrected chi connectivity index (χ4v) is 3.67. The van der Waals surface area contributed by atoms with Gasteiger partial charge in [-0.3, -0.25) is 9.59 Å². The zero-order chi connectivity index (χ0) is 27.2. The lowest BCUT2D eigenvalue weighted by molar-refractivity contribution is -0.111. The summed E-state index contributed by atoms with van der Waals surface area (Å²) in [4.78, 5) is 45.6. The molecule has 1 fully saturated rings. The highest BCUT2D eigenvalue weighted by Crippen LogP contribution is 2.31. The van der Waals surface area contributed by atoms with Gasteiger partial charge in [0.15, 0.2) is 23.1 Å². The summed E-state index contributed by atoms with van der Waals surface area (Å²) in [6, 6.07) is 3.83. The molecule has 198 valence electrons. The zero-order valence-electron chi connectivity index (χ0n) is 21.1. The quantitative estimate of drug-likeness (QED) is 0.358. The number of nitrogens with one attached hydrogen (secondary N) is 2. The van der Waals surface area contributed by atoms with Crippen LogP contribution in [0.3, 0.4) is 0 Å². The molecule has 0 atom stereocenters. The number of nitrogens with zero attached hydrogens (tertiary/aromatic N) is 6. The Bertz CT molecular complexity index is 1340. The SMILES string of the molecule is C=CC(=O)Nc1ccc(F)c(Oc2nc(Nc3cnc(N4CCN(C)CC4)nc3)c(C(N)=O)nc2CC)c1. The van der Waals surface area contributed by atoms with E-state index in [4.69, 9.17) is 10.5 Å². The molecule has 0 saturated carbocycles. The first kappa shape index (κ1) is 26.4. The van der Waals surface area contributed by atoms with E-state index in [2.05, 4.69) is 54.0 Å². The number of rotatable bonds is 9. The molecule has 4 rings (SSSR count). The number of carbonyl (C=O) groups is 2. The number of benzene rings is 1. The van der Waals surface area contributed by atoms with Crippen molar-refractivity contribution in [2.45, 2.75) is 13.3 Å². The molecule has 1 saturated heterocycles. The van der Waals surface area contributed by atoms with Crippen LogP contribution >= 0.6 is 0 Å². The van der Waals surface area contributed by atoms with Crippen molar-refractivity contribution in [3.05, 3.63) is 60.5 Å². The van der Waals surface area contributed by atoms with E-state index in [9.17, 15) is 14.0 Å². The molecule has 4 N–H and O–H groups in total. The molecule has 0 spiro atoms. The summed E-state index contributed by atoms with van der Waals surface area (Å²) in [6.07, 6.45) is 4.53. The highest BCUT2D eigenvalue weighted by Gasteiger charge is 2.21. The van der Waals surface area contributed by atoms with Crippen LogP contribution in [0.15, 0.2) is 43.2 Å². The minimum atomic E-state index is -0.809. The molecular formula is C25H28FN9O3. The van der Waals surface area contributed by atoms with Crippen LogP contribution in [0.5, 0.6) is 11.6 Å². The van der Waals surface area contributed by atoms with Gasteiger partial charge in [-0.25, -0.2) is 19.3 Å². The number of likely N-dealkylation sites (N-methyl/N-ethyl adjacent to an activating group) is 1. The molecule has 1 aliphatic rings. The topological polar surface area (TPSA) is 151 Å². The minimum Gasteiger partial charge on any atom is -0.434 e. The number of nitrogens with two attached hydrogens (primary N) is 1. The smallest absolute Gasteiger partial charge is 0.271 e. The lowest BCUT2D eigenvalue weighted by atomic mass is 10.2. The summed E-state index contributed by atoms with van der Waals surface area (Å²) >= 11 is 0. The second kappa shape index (κ2) is 11.6. The van der Waals surface area contributed by atoms with Crippen LogP contribution in [0.25, 0.3) is 0 Å². The summed E-state index contributed by atoms with van der Waals surface area (Å²) in [7, 11) is 2.07. The predicted octanol–water partition coefficient (Wildman–Crippen LogP) is 2.48. The van der Waals surface area contributed by atoms with Crippen molar-refractivity contribution >= 4 is 35.0 Å². The third-order valence-corrected chi connectivity index (χ3v) is 5.78. The maximum absolute atomic E-state index is 14.6. The van der Waals surface area contributed by atoms with E-state index < -0.39 is 17.6 Å². The van der Waals surface area contributed by atoms with E-state index in [1.165, 1.54) is 12.1 Å². The fraction of sp³-hybridized carbons (Fsp3) is 0.280. The summed E-state index contributed by atoms with van der Waals surface area (Å²) in [5.74, 6) is -1.61. The van der Waals surface area contributed by atoms with Gasteiger partial charge in [-0.2, -0.15) is 4.98 Å². The Morgan fingerprint density at radius 2 is 1.87 bits per heavy atom. The first-order valence-electron chi connectivity index (χ1n) is 11.9. The maximum atomic E-state index is 14.6. The normalized spacial score (nSPS) is 13.6. The average molecular weight is 522 g/mol. The van der Waals surface area contributed by atoms with Gasteiger partial charge in [-0.1, -0.05) is 13.5 Å². The number of carbonyl (C=O) groups excluding carboxylic acids is 2. The molecule has 1 aromatic carbocycles. The van der Waals surface area contributed by atoms with Gasteiger partial charge in [0.2, 0.25) is 17.7 Å². The molecule has 0 unspecified atom stereocenters. The molecule has 12 nitrogen and oxygen atoms in total. The molecule has 2 amide bonds. The Balaban J connectivity index is 1.61. The molecule has 0 bridgehead atoms. The Morgan fingerprint density at radius 3 is 2.50 bits per heavy atom. The van der Waals surface area contributed by atoms with E-state index in [1.54, 1.807) is 19.3 Å². The number of aryl methyl sites for hydroxylation is 1. The number of amides is 2. The first-order chi connectivity index (χ1) is 18.3. The van der Waals surface area contributed by atoms with Crippen LogP contribution in [0.4, 0.5) is 27.5 Å². The van der Waals surface area contributed by atoms with Crippen LogP contribution in [-0.2, 0) is 11.2 Å². The Kier molecular flexibility index (Phi) is 8.06. The predicted molar refractivity (Wildman–Crippen MR) is 140 cm³/mol. The summed E-state index contributed by atoms with van der Waals surface area (Å²) in [5.41, 5.74) is 6.45. The lowest BCUT2D eigenvalue weighted by Crippen LogP contribution is -2.45. The molecule has 2 aromatic heterocycles. The molecule has 0 radical (unpaired) electrons. The third kappa shape index (κ3) is 6.18. The van der Waals surface area contributed by atoms with Crippen LogP contribution in [-0.4, -0.2) is 69.9 Å². The Labute approximate surface area is 218 Å². The standard InChI is InChI=1S/C25H28FN9O3/c1-4-18-24(38-19-12-15(6-7-17(19)26)30-20(36)5-2)33-23(21(32-18)22(27)37)31-16-13-28-25(29-14-16)35-10-8-34(3)9-11-35/h5-7,12-14H,2,4,8-11H2,1,3H3,(H2,27,37)(H,30,36)(H,31,33). The third-order valence-electron chi connectivity index (χ3n) is 5.78. The van der Waals surface area contributed by atoms with Gasteiger partial charge in [0.25, 0.3) is 5.91 Å². The summed E-state index contributed by atoms with van der Waals surface area (Å²) < 4.78 is 20.3. The number of piperazine rings is 1. The van der Waals surface area contributed by atoms with E-state index in [0.717, 1.165) is 38.3 Å². The number of aromatic nitrogens is 4. The highest BCUT2D eigenvalue weighted by atomic mass is 19.1. The first-order valence-corrected chi connectivity index (χ1v) is 11.9. The molecule has 1 aliphatic heterocycles. The van der Waals surface area contributed by atoms with E-state index >= 15 is 0 Å². The van der Waals surface area contributed by atoms with Crippen LogP contribution in [0.1, 0.15) is 23.1 Å². The van der Waals surface area contributed by atoms with Crippen molar-refractivity contribution in [2.24, 2.45) is 5.73 Å². The number of hydrogen-bond donors (Lipinski definition) is 3. The Hall–Kier alpha value is -4.65. The highest BCUT2D eigenvalue weighted by molar-refractivity contribution is 5.99. The van der Waals surface area contributed by atoms with E-state index in [1.807, 2.05) is 0 Å². The summed E-state index contributed by atoms with van der Waals surface area (Å²) in [6.45, 7) is 8.62. The van der Waals surface area contributed by atoms with Gasteiger partial charge in [0, 0.05) is 37.9 Å². The molecular weight excluding hydrogens is 493 g/mol. The van der Waals surface area contributed by atoms with Crippen LogP contribution < -0.4 is 26.0 Å². The van der Waals surface area contributed by atoms with Gasteiger partial charge < -0.3 is 30.9 Å². The van der Waals surface area contributed by atoms with Gasteiger partial charge >= 0.3 is 0 Å². The maximum Gasteiger partial charge on any atom is 0.271 e. The fourth-order valence-electron chi connectivity index (χ4n) is 3.67. The van der Waals surface area contributed by atoms with E-state index in [0.29, 0.717) is 23.7 Å². The van der Waals surface area contributed by atoms with E-state index in [-0.39, 0.29) is 28.8 Å². The molecule has 3 aromatic rings. The van der Waals surface area contributed by atoms with Crippen molar-refractivity contribution < 1.29 is 18.7 Å². The monoisotopic (exact) mass is 521 g/mol. The number of ether oxygens (including phenoxy) is 1. The molecule has 38 heavy (non-hydrogen) atoms. The average Bonchev–Trinajstić information content (AvgIpc) is 2.91. The second-order valence-electron chi connectivity index (χ2n) is 8.52. The number of halogens is 1. The van der Waals surface area contributed by atoms with Crippen molar-refractivity contribution in [3.8, 4) is 11.6 Å². The second-order valence-corrected chi connectivity index (χ2v) is 8.52. The zero-order valence-corrected chi connectivity index (χ0v) is 21.1. The molecule has 13 heteroatoms. The van der Waals surface area contributed by atoms with Crippen LogP contribution in [0.2, 0.25) is 0 Å². The lowest BCUT2D eigenvalue weighted by Gasteiger charge is -2.32. The van der Waals surface area contributed by atoms with Crippen molar-refractivity contribution in [1.29, 1.82) is 0 Å². The minimum absolute atomic E-state index is 0.00262. The van der Waals surface area contributed by atoms with Gasteiger partial charge in [-0.15, -0.1) is 0 Å². The number of anilines is 4. The van der Waals surface area contributed by atoms with Crippen LogP contribution in [0, 0.1) is 5.82 Å². The largest absolute Gasteiger partial charge is 0.434 e.